The minimum atomic E-state index is -3.86. The molecule has 0 aliphatic carbocycles. The van der Waals surface area contributed by atoms with Crippen LogP contribution in [0.2, 0.25) is 0 Å². The first-order valence-corrected chi connectivity index (χ1v) is 4.79. The van der Waals surface area contributed by atoms with Gasteiger partial charge in [-0.25, -0.2) is 9.53 Å². The summed E-state index contributed by atoms with van der Waals surface area (Å²) >= 11 is 0. The normalized spacial score (nSPS) is 11.2. The first kappa shape index (κ1) is 9.75. The third-order valence-corrected chi connectivity index (χ3v) is 1.77. The van der Waals surface area contributed by atoms with Crippen LogP contribution in [-0.2, 0) is 10.2 Å². The van der Waals surface area contributed by atoms with E-state index in [2.05, 4.69) is 5.14 Å². The average Bonchev–Trinajstić information content (AvgIpc) is 1.93. The second-order valence-electron chi connectivity index (χ2n) is 2.38. The van der Waals surface area contributed by atoms with Gasteiger partial charge in [-0.05, 0) is 18.2 Å². The van der Waals surface area contributed by atoms with Crippen LogP contribution in [0.3, 0.4) is 0 Å². The number of benzene rings is 1. The first-order valence-electron chi connectivity index (χ1n) is 3.24. The predicted octanol–water partition coefficient (Wildman–Crippen LogP) is 0.0233. The van der Waals surface area contributed by atoms with Gasteiger partial charge in [0.1, 0.15) is 5.82 Å². The molecule has 0 fully saturated rings. The monoisotopic (exact) mass is 205 g/mol. The molecule has 7 heteroatoms. The molecule has 0 radical (unpaired) electrons. The van der Waals surface area contributed by atoms with Crippen molar-refractivity contribution in [3.05, 3.63) is 24.0 Å². The molecule has 0 amide bonds. The van der Waals surface area contributed by atoms with Crippen LogP contribution >= 0.6 is 0 Å². The third kappa shape index (κ3) is 2.88. The Hall–Kier alpha value is -1.34. The Labute approximate surface area is 74.7 Å². The summed E-state index contributed by atoms with van der Waals surface area (Å²) in [5.41, 5.74) is 5.35. The average molecular weight is 205 g/mol. The minimum absolute atomic E-state index is 0.0194. The van der Waals surface area contributed by atoms with Crippen LogP contribution < -0.4 is 15.6 Å². The molecule has 5 nitrogen and oxygen atoms in total. The molecule has 1 aromatic rings. The van der Waals surface area contributed by atoms with Gasteiger partial charge in [0.2, 0.25) is 0 Å². The molecule has 5 N–H and O–H groups in total. The van der Waals surface area contributed by atoms with Crippen molar-refractivity contribution >= 4 is 21.6 Å². The van der Waals surface area contributed by atoms with E-state index in [9.17, 15) is 12.8 Å². The number of rotatable bonds is 2. The Morgan fingerprint density at radius 3 is 2.46 bits per heavy atom. The Bertz CT molecular complexity index is 418. The van der Waals surface area contributed by atoms with Crippen molar-refractivity contribution in [2.45, 2.75) is 0 Å². The standard InChI is InChI=1S/C6H8FN3O2S/c7-4-1-2-6(5(8)3-4)10-13(9,11)12/h1-3,10H,8H2,(H2,9,11,12). The second-order valence-corrected chi connectivity index (χ2v) is 3.67. The zero-order valence-corrected chi connectivity index (χ0v) is 7.31. The molecule has 0 aliphatic rings. The van der Waals surface area contributed by atoms with Gasteiger partial charge in [0, 0.05) is 0 Å². The highest BCUT2D eigenvalue weighted by molar-refractivity contribution is 7.90. The molecule has 0 atom stereocenters. The van der Waals surface area contributed by atoms with Gasteiger partial charge in [0.05, 0.1) is 11.4 Å². The van der Waals surface area contributed by atoms with Gasteiger partial charge in [-0.2, -0.15) is 8.42 Å². The lowest BCUT2D eigenvalue weighted by molar-refractivity contribution is 0.602. The van der Waals surface area contributed by atoms with E-state index in [1.54, 1.807) is 0 Å². The van der Waals surface area contributed by atoms with E-state index in [1.807, 2.05) is 4.72 Å². The zero-order chi connectivity index (χ0) is 10.1. The SMILES string of the molecule is Nc1cc(F)ccc1NS(N)(=O)=O. The molecule has 1 aromatic carbocycles. The van der Waals surface area contributed by atoms with E-state index < -0.39 is 16.0 Å². The molecule has 0 saturated heterocycles. The number of hydrogen-bond donors (Lipinski definition) is 3. The number of hydrogen-bond acceptors (Lipinski definition) is 3. The summed E-state index contributed by atoms with van der Waals surface area (Å²) in [6.07, 6.45) is 0. The molecule has 0 bridgehead atoms. The molecular formula is C6H8FN3O2S. The lowest BCUT2D eigenvalue weighted by atomic mass is 10.3. The van der Waals surface area contributed by atoms with Crippen molar-refractivity contribution in [1.29, 1.82) is 0 Å². The maximum atomic E-state index is 12.5. The van der Waals surface area contributed by atoms with Gasteiger partial charge < -0.3 is 5.73 Å². The van der Waals surface area contributed by atoms with Crippen LogP contribution in [0, 0.1) is 5.82 Å². The summed E-state index contributed by atoms with van der Waals surface area (Å²) in [5.74, 6) is -0.544. The maximum Gasteiger partial charge on any atom is 0.296 e. The number of anilines is 2. The van der Waals surface area contributed by atoms with Gasteiger partial charge >= 0.3 is 0 Å². The molecule has 0 aromatic heterocycles. The van der Waals surface area contributed by atoms with Gasteiger partial charge in [-0.15, -0.1) is 0 Å². The lowest BCUT2D eigenvalue weighted by Crippen LogP contribution is -2.22. The molecule has 1 rings (SSSR count). The van der Waals surface area contributed by atoms with Crippen LogP contribution in [-0.4, -0.2) is 8.42 Å². The fourth-order valence-electron chi connectivity index (χ4n) is 0.780. The summed E-state index contributed by atoms with van der Waals surface area (Å²) in [6.45, 7) is 0. The predicted molar refractivity (Wildman–Crippen MR) is 47.5 cm³/mol. The van der Waals surface area contributed by atoms with Gasteiger partial charge in [0.25, 0.3) is 10.2 Å². The zero-order valence-electron chi connectivity index (χ0n) is 6.49. The quantitative estimate of drug-likeness (QED) is 0.594. The molecule has 0 aliphatic heterocycles. The van der Waals surface area contributed by atoms with E-state index in [4.69, 9.17) is 5.73 Å². The number of nitrogen functional groups attached to an aromatic ring is 1. The summed E-state index contributed by atoms with van der Waals surface area (Å²) < 4.78 is 35.5. The Morgan fingerprint density at radius 1 is 1.38 bits per heavy atom. The minimum Gasteiger partial charge on any atom is -0.397 e. The lowest BCUT2D eigenvalue weighted by Gasteiger charge is -2.05. The molecule has 0 unspecified atom stereocenters. The van der Waals surface area contributed by atoms with Crippen LogP contribution in [0.5, 0.6) is 0 Å². The maximum absolute atomic E-state index is 12.5. The van der Waals surface area contributed by atoms with Crippen molar-refractivity contribution in [3.8, 4) is 0 Å². The molecular weight excluding hydrogens is 197 g/mol. The molecule has 0 spiro atoms. The van der Waals surface area contributed by atoms with Gasteiger partial charge in [0.15, 0.2) is 0 Å². The van der Waals surface area contributed by atoms with Crippen LogP contribution in [0.1, 0.15) is 0 Å². The van der Waals surface area contributed by atoms with Crippen LogP contribution in [0.25, 0.3) is 0 Å². The Kier molecular flexibility index (Phi) is 2.39. The van der Waals surface area contributed by atoms with Crippen molar-refractivity contribution in [1.82, 2.24) is 0 Å². The second kappa shape index (κ2) is 3.19. The van der Waals surface area contributed by atoms with Crippen LogP contribution in [0.4, 0.5) is 15.8 Å². The van der Waals surface area contributed by atoms with E-state index in [1.165, 1.54) is 6.07 Å². The van der Waals surface area contributed by atoms with Crippen molar-refractivity contribution < 1.29 is 12.8 Å². The van der Waals surface area contributed by atoms with Gasteiger partial charge in [-0.1, -0.05) is 0 Å². The largest absolute Gasteiger partial charge is 0.397 e. The fourth-order valence-corrected chi connectivity index (χ4v) is 1.27. The number of halogens is 1. The van der Waals surface area contributed by atoms with Crippen LogP contribution in [0.15, 0.2) is 18.2 Å². The van der Waals surface area contributed by atoms with E-state index in [-0.39, 0.29) is 11.4 Å². The summed E-state index contributed by atoms with van der Waals surface area (Å²) in [7, 11) is -3.86. The smallest absolute Gasteiger partial charge is 0.296 e. The molecule has 13 heavy (non-hydrogen) atoms. The highest BCUT2D eigenvalue weighted by atomic mass is 32.2. The Morgan fingerprint density at radius 2 is 2.00 bits per heavy atom. The van der Waals surface area contributed by atoms with Crippen molar-refractivity contribution in [2.24, 2.45) is 5.14 Å². The highest BCUT2D eigenvalue weighted by Crippen LogP contribution is 2.19. The van der Waals surface area contributed by atoms with Crippen molar-refractivity contribution in [2.75, 3.05) is 10.5 Å². The first-order chi connectivity index (χ1) is 5.88. The summed E-state index contributed by atoms with van der Waals surface area (Å²) in [5, 5.41) is 4.69. The third-order valence-electron chi connectivity index (χ3n) is 1.27. The van der Waals surface area contributed by atoms with E-state index in [0.29, 0.717) is 0 Å². The molecule has 72 valence electrons. The van der Waals surface area contributed by atoms with E-state index in [0.717, 1.165) is 12.1 Å². The fraction of sp³-hybridized carbons (Fsp3) is 0. The summed E-state index contributed by atoms with van der Waals surface area (Å²) in [6, 6.07) is 3.26. The summed E-state index contributed by atoms with van der Waals surface area (Å²) in [4.78, 5) is 0. The highest BCUT2D eigenvalue weighted by Gasteiger charge is 2.05. The molecule has 0 heterocycles. The van der Waals surface area contributed by atoms with E-state index >= 15 is 0 Å². The Balaban J connectivity index is 3.04. The number of nitrogens with two attached hydrogens (primary N) is 2. The van der Waals surface area contributed by atoms with Crippen molar-refractivity contribution in [3.63, 3.8) is 0 Å². The topological polar surface area (TPSA) is 98.2 Å². The molecule has 0 saturated carbocycles. The van der Waals surface area contributed by atoms with Gasteiger partial charge in [-0.3, -0.25) is 4.72 Å². The number of nitrogens with one attached hydrogen (secondary N) is 1.